The molecule has 3 aromatic rings. The molecular formula is C16H12N2O. The fraction of sp³-hybridized carbons (Fsp3) is 0. The van der Waals surface area contributed by atoms with Crippen LogP contribution in [0.2, 0.25) is 0 Å². The molecule has 0 bridgehead atoms. The normalized spacial score (nSPS) is 11.2. The van der Waals surface area contributed by atoms with Crippen LogP contribution in [0.5, 0.6) is 0 Å². The maximum atomic E-state index is 11.3. The molecule has 2 aromatic carbocycles. The summed E-state index contributed by atoms with van der Waals surface area (Å²) in [5.41, 5.74) is 2.59. The first-order valence-corrected chi connectivity index (χ1v) is 6.04. The Balaban J connectivity index is 2.06. The molecule has 0 fully saturated rings. The Morgan fingerprint density at radius 2 is 1.74 bits per heavy atom. The van der Waals surface area contributed by atoms with E-state index in [0.717, 1.165) is 22.2 Å². The van der Waals surface area contributed by atoms with E-state index in [0.29, 0.717) is 0 Å². The van der Waals surface area contributed by atoms with Crippen molar-refractivity contribution in [2.75, 3.05) is 0 Å². The highest BCUT2D eigenvalue weighted by Gasteiger charge is 1.99. The van der Waals surface area contributed by atoms with Gasteiger partial charge < -0.3 is 4.98 Å². The van der Waals surface area contributed by atoms with Crippen LogP contribution in [0.3, 0.4) is 0 Å². The highest BCUT2D eigenvalue weighted by atomic mass is 16.1. The third kappa shape index (κ3) is 2.45. The van der Waals surface area contributed by atoms with Crippen molar-refractivity contribution >= 4 is 22.8 Å². The molecule has 1 aromatic heterocycles. The number of rotatable bonds is 2. The summed E-state index contributed by atoms with van der Waals surface area (Å²) in [6.07, 6.45) is 1.82. The van der Waals surface area contributed by atoms with E-state index in [4.69, 9.17) is 0 Å². The van der Waals surface area contributed by atoms with Crippen LogP contribution in [-0.2, 0) is 0 Å². The molecule has 1 N–H and O–H groups in total. The molecule has 3 rings (SSSR count). The van der Waals surface area contributed by atoms with Gasteiger partial charge in [0.15, 0.2) is 0 Å². The van der Waals surface area contributed by atoms with Crippen molar-refractivity contribution in [1.82, 2.24) is 4.98 Å². The molecule has 0 aliphatic carbocycles. The van der Waals surface area contributed by atoms with Gasteiger partial charge in [0.05, 0.1) is 11.2 Å². The van der Waals surface area contributed by atoms with Crippen LogP contribution in [0.25, 0.3) is 10.9 Å². The minimum Gasteiger partial charge on any atom is -0.322 e. The Morgan fingerprint density at radius 1 is 0.895 bits per heavy atom. The molecule has 1 heterocycles. The summed E-state index contributed by atoms with van der Waals surface area (Å²) in [6, 6.07) is 18.9. The van der Waals surface area contributed by atoms with Crippen molar-refractivity contribution in [2.24, 2.45) is 4.99 Å². The lowest BCUT2D eigenvalue weighted by Gasteiger charge is -2.01. The number of H-pyrrole nitrogens is 1. The van der Waals surface area contributed by atoms with E-state index in [1.807, 2.05) is 54.7 Å². The molecule has 0 aliphatic heterocycles. The van der Waals surface area contributed by atoms with Gasteiger partial charge in [0.2, 0.25) is 5.56 Å². The predicted octanol–water partition coefficient (Wildman–Crippen LogP) is 3.28. The number of pyridine rings is 1. The molecular weight excluding hydrogens is 236 g/mol. The third-order valence-corrected chi connectivity index (χ3v) is 2.89. The van der Waals surface area contributed by atoms with Gasteiger partial charge >= 0.3 is 0 Å². The summed E-state index contributed by atoms with van der Waals surface area (Å²) >= 11 is 0. The van der Waals surface area contributed by atoms with Crippen LogP contribution in [0, 0.1) is 0 Å². The highest BCUT2D eigenvalue weighted by Crippen LogP contribution is 2.23. The summed E-state index contributed by atoms with van der Waals surface area (Å²) in [5, 5.41) is 0.939. The maximum Gasteiger partial charge on any atom is 0.248 e. The molecule has 0 aliphatic rings. The van der Waals surface area contributed by atoms with Gasteiger partial charge in [-0.2, -0.15) is 0 Å². The molecule has 0 amide bonds. The largest absolute Gasteiger partial charge is 0.322 e. The highest BCUT2D eigenvalue weighted by molar-refractivity contribution is 5.93. The fourth-order valence-electron chi connectivity index (χ4n) is 1.97. The molecule has 0 saturated carbocycles. The van der Waals surface area contributed by atoms with Crippen molar-refractivity contribution in [2.45, 2.75) is 0 Å². The number of nitrogens with zero attached hydrogens (tertiary/aromatic N) is 1. The molecule has 0 radical (unpaired) electrons. The van der Waals surface area contributed by atoms with Gasteiger partial charge in [-0.1, -0.05) is 36.4 Å². The van der Waals surface area contributed by atoms with Crippen molar-refractivity contribution < 1.29 is 0 Å². The minimum absolute atomic E-state index is 0.100. The van der Waals surface area contributed by atoms with E-state index in [-0.39, 0.29) is 5.56 Å². The van der Waals surface area contributed by atoms with Crippen molar-refractivity contribution in [1.29, 1.82) is 0 Å². The number of hydrogen-bond donors (Lipinski definition) is 1. The lowest BCUT2D eigenvalue weighted by Crippen LogP contribution is -2.01. The Hall–Kier alpha value is -2.68. The smallest absolute Gasteiger partial charge is 0.248 e. The molecule has 3 nitrogen and oxygen atoms in total. The molecule has 3 heteroatoms. The summed E-state index contributed by atoms with van der Waals surface area (Å²) in [7, 11) is 0. The Kier molecular flexibility index (Phi) is 2.94. The Morgan fingerprint density at radius 3 is 2.58 bits per heavy atom. The van der Waals surface area contributed by atoms with Crippen LogP contribution in [0.1, 0.15) is 5.56 Å². The zero-order valence-corrected chi connectivity index (χ0v) is 10.2. The number of aliphatic imine (C=N–C) groups is 1. The van der Waals surface area contributed by atoms with Crippen LogP contribution in [0.4, 0.5) is 5.69 Å². The Bertz CT molecular complexity index is 788. The standard InChI is InChI=1S/C16H12N2O/c19-16-10-9-13-14(7-4-8-15(13)18-16)17-11-12-5-2-1-3-6-12/h1-11H,(H,18,19)/b17-11+. The van der Waals surface area contributed by atoms with Gasteiger partial charge in [0.1, 0.15) is 0 Å². The van der Waals surface area contributed by atoms with Crippen LogP contribution >= 0.6 is 0 Å². The van der Waals surface area contributed by atoms with Crippen molar-refractivity contribution in [3.63, 3.8) is 0 Å². The molecule has 0 saturated heterocycles. The van der Waals surface area contributed by atoms with Crippen LogP contribution in [-0.4, -0.2) is 11.2 Å². The number of aromatic nitrogens is 1. The van der Waals surface area contributed by atoms with Crippen LogP contribution in [0.15, 0.2) is 70.5 Å². The molecule has 0 spiro atoms. The van der Waals surface area contributed by atoms with Crippen molar-refractivity contribution in [3.8, 4) is 0 Å². The first-order chi connectivity index (χ1) is 9.33. The van der Waals surface area contributed by atoms with E-state index in [1.165, 1.54) is 6.07 Å². The van der Waals surface area contributed by atoms with Gasteiger partial charge in [-0.15, -0.1) is 0 Å². The lowest BCUT2D eigenvalue weighted by atomic mass is 10.2. The second-order valence-corrected chi connectivity index (χ2v) is 4.23. The van der Waals surface area contributed by atoms with E-state index in [2.05, 4.69) is 9.98 Å². The van der Waals surface area contributed by atoms with Crippen LogP contribution < -0.4 is 5.56 Å². The molecule has 0 unspecified atom stereocenters. The van der Waals surface area contributed by atoms with Gasteiger partial charge in [0.25, 0.3) is 0 Å². The predicted molar refractivity (Wildman–Crippen MR) is 78.3 cm³/mol. The number of nitrogens with one attached hydrogen (secondary N) is 1. The molecule has 92 valence electrons. The Labute approximate surface area is 110 Å². The van der Waals surface area contributed by atoms with Gasteiger partial charge in [-0.3, -0.25) is 9.79 Å². The van der Waals surface area contributed by atoms with Crippen molar-refractivity contribution in [3.05, 3.63) is 76.6 Å². The van der Waals surface area contributed by atoms with Gasteiger partial charge in [0, 0.05) is 17.7 Å². The summed E-state index contributed by atoms with van der Waals surface area (Å²) in [6.45, 7) is 0. The topological polar surface area (TPSA) is 45.2 Å². The monoisotopic (exact) mass is 248 g/mol. The lowest BCUT2D eigenvalue weighted by molar-refractivity contribution is 1.30. The minimum atomic E-state index is -0.100. The quantitative estimate of drug-likeness (QED) is 0.695. The zero-order chi connectivity index (χ0) is 13.1. The first kappa shape index (κ1) is 11.4. The number of aromatic amines is 1. The zero-order valence-electron chi connectivity index (χ0n) is 10.2. The molecule has 19 heavy (non-hydrogen) atoms. The average molecular weight is 248 g/mol. The van der Waals surface area contributed by atoms with E-state index in [1.54, 1.807) is 6.07 Å². The van der Waals surface area contributed by atoms with Gasteiger partial charge in [-0.25, -0.2) is 0 Å². The number of hydrogen-bond acceptors (Lipinski definition) is 2. The summed E-state index contributed by atoms with van der Waals surface area (Å²) in [5.74, 6) is 0. The van der Waals surface area contributed by atoms with E-state index >= 15 is 0 Å². The average Bonchev–Trinajstić information content (AvgIpc) is 2.45. The number of fused-ring (bicyclic) bond motifs is 1. The molecule has 0 atom stereocenters. The number of benzene rings is 2. The first-order valence-electron chi connectivity index (χ1n) is 6.04. The second kappa shape index (κ2) is 4.90. The SMILES string of the molecule is O=c1ccc2c(/N=C/c3ccccc3)cccc2[nH]1. The fourth-order valence-corrected chi connectivity index (χ4v) is 1.97. The maximum absolute atomic E-state index is 11.3. The van der Waals surface area contributed by atoms with E-state index in [9.17, 15) is 4.79 Å². The summed E-state index contributed by atoms with van der Waals surface area (Å²) < 4.78 is 0. The van der Waals surface area contributed by atoms with Gasteiger partial charge in [-0.05, 0) is 23.8 Å². The van der Waals surface area contributed by atoms with E-state index < -0.39 is 0 Å². The second-order valence-electron chi connectivity index (χ2n) is 4.23. The third-order valence-electron chi connectivity index (χ3n) is 2.89. The summed E-state index contributed by atoms with van der Waals surface area (Å²) in [4.78, 5) is 18.6.